The molecule has 1 spiro atoms. The summed E-state index contributed by atoms with van der Waals surface area (Å²) in [5, 5.41) is 52.0. The summed E-state index contributed by atoms with van der Waals surface area (Å²) in [5.74, 6) is -1.41. The molecule has 0 aromatic rings. The molecule has 5 N–H and O–H groups in total. The Balaban J connectivity index is 1.43. The number of hydrogen-bond acceptors (Lipinski definition) is 7. The Labute approximate surface area is 201 Å². The monoisotopic (exact) mass is 480 g/mol. The molecule has 1 saturated heterocycles. The van der Waals surface area contributed by atoms with Gasteiger partial charge in [0.1, 0.15) is 12.2 Å². The summed E-state index contributed by atoms with van der Waals surface area (Å²) >= 11 is 0. The van der Waals surface area contributed by atoms with Crippen molar-refractivity contribution in [1.29, 1.82) is 0 Å². The molecule has 1 aliphatic heterocycles. The van der Waals surface area contributed by atoms with Gasteiger partial charge in [-0.05, 0) is 73.7 Å². The third kappa shape index (κ3) is 3.44. The molecular weight excluding hydrogens is 440 g/mol. The number of aliphatic hydroxyl groups excluding tert-OH is 4. The maximum absolute atomic E-state index is 12.4. The molecular formula is C26H40O8. The smallest absolute Gasteiger partial charge is 0.306 e. The first-order chi connectivity index (χ1) is 16.0. The lowest BCUT2D eigenvalue weighted by Crippen LogP contribution is -2.61. The maximum Gasteiger partial charge on any atom is 0.306 e. The highest BCUT2D eigenvalue weighted by Crippen LogP contribution is 2.70. The highest BCUT2D eigenvalue weighted by molar-refractivity contribution is 5.71. The summed E-state index contributed by atoms with van der Waals surface area (Å²) in [7, 11) is 0. The number of carboxylic acids is 1. The van der Waals surface area contributed by atoms with Crippen molar-refractivity contribution in [3.05, 3.63) is 12.2 Å². The van der Waals surface area contributed by atoms with Crippen LogP contribution in [0.2, 0.25) is 0 Å². The Bertz CT molecular complexity index is 830. The molecule has 5 fully saturated rings. The van der Waals surface area contributed by atoms with Gasteiger partial charge in [0.2, 0.25) is 0 Å². The summed E-state index contributed by atoms with van der Waals surface area (Å²) in [6.07, 6.45) is 0.448. The van der Waals surface area contributed by atoms with Crippen LogP contribution in [0.25, 0.3) is 0 Å². The Morgan fingerprint density at radius 2 is 1.91 bits per heavy atom. The largest absolute Gasteiger partial charge is 0.481 e. The van der Waals surface area contributed by atoms with Crippen LogP contribution < -0.4 is 0 Å². The van der Waals surface area contributed by atoms with Crippen molar-refractivity contribution in [3.8, 4) is 0 Å². The minimum Gasteiger partial charge on any atom is -0.481 e. The van der Waals surface area contributed by atoms with E-state index < -0.39 is 61.2 Å². The van der Waals surface area contributed by atoms with E-state index in [0.29, 0.717) is 18.8 Å². The molecule has 2 bridgehead atoms. The number of aliphatic carboxylic acids is 1. The summed E-state index contributed by atoms with van der Waals surface area (Å²) in [6.45, 7) is 7.69. The summed E-state index contributed by atoms with van der Waals surface area (Å²) in [5.41, 5.74) is 0.379. The van der Waals surface area contributed by atoms with Gasteiger partial charge in [0.25, 0.3) is 0 Å². The SMILES string of the molecule is C=C1[C@@H]2CC[C@H]3[C@]4(C)C[C@H](OC5O[C@H](CO)[C@@H](O)[C@H](C)[C@H]5O)C[C@@H](C(=O)O)[C@H]4CC[C@]3(C2)[C@H]1O. The molecule has 5 rings (SSSR count). The van der Waals surface area contributed by atoms with Crippen molar-refractivity contribution >= 4 is 5.97 Å². The van der Waals surface area contributed by atoms with E-state index >= 15 is 0 Å². The molecule has 1 heterocycles. The first-order valence-corrected chi connectivity index (χ1v) is 12.9. The Hall–Kier alpha value is -1.03. The Morgan fingerprint density at radius 1 is 1.18 bits per heavy atom. The summed E-state index contributed by atoms with van der Waals surface area (Å²) in [4.78, 5) is 12.4. The predicted octanol–water partition coefficient (Wildman–Crippen LogP) is 1.69. The fourth-order valence-corrected chi connectivity index (χ4v) is 8.91. The van der Waals surface area contributed by atoms with Crippen molar-refractivity contribution in [2.75, 3.05) is 6.61 Å². The second-order valence-electron chi connectivity index (χ2n) is 12.1. The van der Waals surface area contributed by atoms with Crippen LogP contribution in [0.5, 0.6) is 0 Å². The molecule has 0 radical (unpaired) electrons. The number of aliphatic hydroxyl groups is 4. The van der Waals surface area contributed by atoms with Gasteiger partial charge >= 0.3 is 5.97 Å². The van der Waals surface area contributed by atoms with Crippen molar-refractivity contribution in [3.63, 3.8) is 0 Å². The van der Waals surface area contributed by atoms with E-state index in [9.17, 15) is 30.3 Å². The second kappa shape index (κ2) is 8.53. The molecule has 8 heteroatoms. The van der Waals surface area contributed by atoms with Crippen LogP contribution in [0.1, 0.15) is 58.8 Å². The zero-order valence-corrected chi connectivity index (χ0v) is 20.2. The van der Waals surface area contributed by atoms with Gasteiger partial charge in [0.15, 0.2) is 6.29 Å². The molecule has 1 unspecified atom stereocenters. The van der Waals surface area contributed by atoms with E-state index in [4.69, 9.17) is 9.47 Å². The molecule has 0 aromatic carbocycles. The summed E-state index contributed by atoms with van der Waals surface area (Å²) in [6, 6.07) is 0. The number of fused-ring (bicyclic) bond motifs is 3. The highest BCUT2D eigenvalue weighted by atomic mass is 16.7. The van der Waals surface area contributed by atoms with Gasteiger partial charge in [-0.15, -0.1) is 0 Å². The Morgan fingerprint density at radius 3 is 2.59 bits per heavy atom. The third-order valence-electron chi connectivity index (χ3n) is 10.6. The standard InChI is InChI=1S/C26H40O8/c1-12-14-4-5-19-25(3)10-15(33-24-21(29)13(2)20(28)18(11-27)34-24)8-16(23(31)32)17(25)6-7-26(19,9-14)22(12)30/h13-22,24,27-30H,1,4-11H2,2-3H3,(H,31,32)/t13-,14+,15+,16+,17+,18+,19-,20-,21+,22-,24?,25+,26+/m0/s1. The van der Waals surface area contributed by atoms with Crippen LogP contribution in [-0.2, 0) is 14.3 Å². The van der Waals surface area contributed by atoms with Crippen LogP contribution in [0, 0.1) is 40.4 Å². The second-order valence-corrected chi connectivity index (χ2v) is 12.1. The van der Waals surface area contributed by atoms with Crippen LogP contribution in [0.3, 0.4) is 0 Å². The first kappa shape index (κ1) is 24.7. The normalized spacial score (nSPS) is 54.9. The fourth-order valence-electron chi connectivity index (χ4n) is 8.91. The molecule has 13 atom stereocenters. The molecule has 0 aromatic heterocycles. The van der Waals surface area contributed by atoms with Crippen LogP contribution in [0.4, 0.5) is 0 Å². The van der Waals surface area contributed by atoms with Crippen LogP contribution in [0.15, 0.2) is 12.2 Å². The van der Waals surface area contributed by atoms with E-state index in [0.717, 1.165) is 37.7 Å². The zero-order chi connectivity index (χ0) is 24.6. The lowest BCUT2D eigenvalue weighted by atomic mass is 9.43. The van der Waals surface area contributed by atoms with Gasteiger partial charge in [-0.25, -0.2) is 0 Å². The number of ether oxygens (including phenoxy) is 2. The average molecular weight is 481 g/mol. The maximum atomic E-state index is 12.4. The first-order valence-electron chi connectivity index (χ1n) is 12.9. The lowest BCUT2D eigenvalue weighted by Gasteiger charge is -2.62. The molecule has 4 saturated carbocycles. The number of rotatable bonds is 4. The topological polar surface area (TPSA) is 137 Å². The Kier molecular flexibility index (Phi) is 6.18. The van der Waals surface area contributed by atoms with Gasteiger partial charge < -0.3 is 35.0 Å². The van der Waals surface area contributed by atoms with Crippen LogP contribution in [-0.4, -0.2) is 74.9 Å². The zero-order valence-electron chi connectivity index (χ0n) is 20.2. The fraction of sp³-hybridized carbons (Fsp3) is 0.885. The highest BCUT2D eigenvalue weighted by Gasteiger charge is 2.66. The van der Waals surface area contributed by atoms with E-state index in [-0.39, 0.29) is 22.7 Å². The molecule has 0 amide bonds. The van der Waals surface area contributed by atoms with Gasteiger partial charge in [0, 0.05) is 11.3 Å². The van der Waals surface area contributed by atoms with E-state index in [1.54, 1.807) is 6.92 Å². The molecule has 5 aliphatic rings. The molecule has 4 aliphatic carbocycles. The van der Waals surface area contributed by atoms with Crippen molar-refractivity contribution < 1.29 is 39.8 Å². The molecule has 8 nitrogen and oxygen atoms in total. The van der Waals surface area contributed by atoms with Gasteiger partial charge in [-0.2, -0.15) is 0 Å². The third-order valence-corrected chi connectivity index (χ3v) is 10.6. The number of hydrogen-bond donors (Lipinski definition) is 5. The van der Waals surface area contributed by atoms with E-state index in [1.807, 2.05) is 0 Å². The van der Waals surface area contributed by atoms with Gasteiger partial charge in [-0.3, -0.25) is 4.79 Å². The number of carboxylic acid groups (broad SMARTS) is 1. The minimum atomic E-state index is -1.08. The molecule has 34 heavy (non-hydrogen) atoms. The predicted molar refractivity (Wildman–Crippen MR) is 121 cm³/mol. The van der Waals surface area contributed by atoms with Crippen molar-refractivity contribution in [2.45, 2.75) is 95.6 Å². The van der Waals surface area contributed by atoms with Gasteiger partial charge in [-0.1, -0.05) is 20.4 Å². The van der Waals surface area contributed by atoms with Crippen molar-refractivity contribution in [1.82, 2.24) is 0 Å². The van der Waals surface area contributed by atoms with E-state index in [2.05, 4.69) is 13.5 Å². The van der Waals surface area contributed by atoms with Crippen LogP contribution >= 0.6 is 0 Å². The summed E-state index contributed by atoms with van der Waals surface area (Å²) < 4.78 is 12.0. The lowest BCUT2D eigenvalue weighted by molar-refractivity contribution is -0.309. The quantitative estimate of drug-likeness (QED) is 0.303. The van der Waals surface area contributed by atoms with E-state index in [1.165, 1.54) is 0 Å². The van der Waals surface area contributed by atoms with Gasteiger partial charge in [0.05, 0.1) is 30.8 Å². The average Bonchev–Trinajstić information content (AvgIpc) is 2.98. The minimum absolute atomic E-state index is 0.00113. The van der Waals surface area contributed by atoms with Crippen molar-refractivity contribution in [2.24, 2.45) is 40.4 Å². The molecule has 192 valence electrons. The number of carbonyl (C=O) groups is 1.